The number of aliphatic hydroxyl groups is 1. The third kappa shape index (κ3) is 7.94. The summed E-state index contributed by atoms with van der Waals surface area (Å²) in [6.07, 6.45) is 2.36. The number of aliphatic hydroxyl groups excluding tert-OH is 1. The van der Waals surface area contributed by atoms with Gasteiger partial charge in [-0.05, 0) is 48.4 Å². The predicted octanol–water partition coefficient (Wildman–Crippen LogP) is 4.49. The third-order valence-electron chi connectivity index (χ3n) is 5.05. The quantitative estimate of drug-likeness (QED) is 0.339. The van der Waals surface area contributed by atoms with Crippen molar-refractivity contribution < 1.29 is 32.6 Å². The first-order valence-electron chi connectivity index (χ1n) is 10.9. The van der Waals surface area contributed by atoms with E-state index in [1.807, 2.05) is 0 Å². The van der Waals surface area contributed by atoms with Gasteiger partial charge in [0.05, 0.1) is 17.6 Å². The number of anilines is 1. The molecule has 1 atom stereocenters. The zero-order valence-corrected chi connectivity index (χ0v) is 19.6. The van der Waals surface area contributed by atoms with Crippen LogP contribution in [-0.4, -0.2) is 37.3 Å². The molecule has 0 bridgehead atoms. The number of sulfonamides is 1. The molecule has 3 aromatic rings. The molecule has 0 heterocycles. The number of ether oxygens (including phenoxy) is 1. The molecule has 0 saturated heterocycles. The summed E-state index contributed by atoms with van der Waals surface area (Å²) in [6.45, 7) is 0.162. The minimum absolute atomic E-state index is 0.0160. The molecule has 0 spiro atoms. The van der Waals surface area contributed by atoms with Crippen LogP contribution in [0.25, 0.3) is 6.08 Å². The van der Waals surface area contributed by atoms with Crippen molar-refractivity contribution in [2.75, 3.05) is 11.3 Å². The number of hydrogen-bond donors (Lipinski definition) is 3. The summed E-state index contributed by atoms with van der Waals surface area (Å²) in [5.74, 6) is -0.918. The van der Waals surface area contributed by atoms with Crippen molar-refractivity contribution in [3.63, 3.8) is 0 Å². The average Bonchev–Trinajstić information content (AvgIpc) is 2.84. The fourth-order valence-corrected chi connectivity index (χ4v) is 4.31. The molecule has 0 aliphatic rings. The number of hydrogen-bond acceptors (Lipinski definition) is 5. The minimum Gasteiger partial charge on any atom is -0.493 e. The minimum atomic E-state index is -3.82. The summed E-state index contributed by atoms with van der Waals surface area (Å²) >= 11 is 0. The number of nitrogens with one attached hydrogen (secondary N) is 1. The lowest BCUT2D eigenvalue weighted by atomic mass is 10.1. The van der Waals surface area contributed by atoms with Gasteiger partial charge in [0.1, 0.15) is 11.6 Å². The lowest BCUT2D eigenvalue weighted by Crippen LogP contribution is -2.13. The second-order valence-electron chi connectivity index (χ2n) is 7.72. The van der Waals surface area contributed by atoms with E-state index in [-0.39, 0.29) is 35.6 Å². The van der Waals surface area contributed by atoms with Crippen molar-refractivity contribution in [2.45, 2.75) is 30.3 Å². The number of aliphatic carboxylic acids is 1. The molecule has 0 aliphatic heterocycles. The number of carboxylic acids is 1. The van der Waals surface area contributed by atoms with E-state index in [1.54, 1.807) is 42.5 Å². The van der Waals surface area contributed by atoms with Crippen LogP contribution in [0.15, 0.2) is 83.8 Å². The molecule has 0 saturated carbocycles. The molecule has 3 aromatic carbocycles. The summed E-state index contributed by atoms with van der Waals surface area (Å²) in [7, 11) is -3.82. The number of para-hydroxylation sites is 1. The number of carbonyl (C=O) groups is 1. The van der Waals surface area contributed by atoms with E-state index in [9.17, 15) is 22.7 Å². The highest BCUT2D eigenvalue weighted by molar-refractivity contribution is 7.92. The molecule has 9 heteroatoms. The Morgan fingerprint density at radius 3 is 2.51 bits per heavy atom. The normalized spacial score (nSPS) is 12.4. The van der Waals surface area contributed by atoms with E-state index in [2.05, 4.69) is 4.72 Å². The Hall–Kier alpha value is -3.69. The Balaban J connectivity index is 1.58. The van der Waals surface area contributed by atoms with Crippen LogP contribution in [-0.2, 0) is 21.2 Å². The number of carboxylic acid groups (broad SMARTS) is 1. The van der Waals surface area contributed by atoms with E-state index < -0.39 is 27.9 Å². The van der Waals surface area contributed by atoms with Crippen LogP contribution < -0.4 is 9.46 Å². The first-order valence-corrected chi connectivity index (χ1v) is 12.4. The molecule has 0 aromatic heterocycles. The van der Waals surface area contributed by atoms with Gasteiger partial charge in [-0.1, -0.05) is 48.6 Å². The van der Waals surface area contributed by atoms with Crippen molar-refractivity contribution in [3.05, 3.63) is 95.8 Å². The number of halogens is 1. The summed E-state index contributed by atoms with van der Waals surface area (Å²) < 4.78 is 47.3. The zero-order chi connectivity index (χ0) is 25.3. The Morgan fingerprint density at radius 1 is 1.06 bits per heavy atom. The van der Waals surface area contributed by atoms with Gasteiger partial charge in [-0.3, -0.25) is 9.52 Å². The van der Waals surface area contributed by atoms with Crippen LogP contribution in [0, 0.1) is 5.82 Å². The van der Waals surface area contributed by atoms with Gasteiger partial charge in [0.15, 0.2) is 0 Å². The molecule has 7 nitrogen and oxygen atoms in total. The monoisotopic (exact) mass is 499 g/mol. The lowest BCUT2D eigenvalue weighted by molar-refractivity contribution is -0.136. The first kappa shape index (κ1) is 25.9. The van der Waals surface area contributed by atoms with E-state index in [4.69, 9.17) is 9.84 Å². The Labute approximate surface area is 203 Å². The molecule has 184 valence electrons. The number of aryl methyl sites for hydroxylation is 1. The van der Waals surface area contributed by atoms with Gasteiger partial charge in [0.25, 0.3) is 10.0 Å². The predicted molar refractivity (Wildman–Crippen MR) is 131 cm³/mol. The summed E-state index contributed by atoms with van der Waals surface area (Å²) in [5.41, 5.74) is 1.06. The Bertz CT molecular complexity index is 1280. The average molecular weight is 500 g/mol. The number of benzene rings is 3. The van der Waals surface area contributed by atoms with Gasteiger partial charge in [0.2, 0.25) is 0 Å². The standard InChI is InChI=1S/C26H26FNO6S/c27-24-14-12-21(28-35(32,33)23-7-2-1-3-8-23)18-20(24)10-13-22(29)16-17-34-25-9-5-4-6-19(25)11-15-26(30)31/h1-10,12-14,18,22,28-29H,11,15-17H2,(H,30,31)/b13-10+/t22-/m0/s1. The summed E-state index contributed by atoms with van der Waals surface area (Å²) in [4.78, 5) is 10.9. The summed E-state index contributed by atoms with van der Waals surface area (Å²) in [6, 6.07) is 18.7. The van der Waals surface area contributed by atoms with E-state index in [0.29, 0.717) is 12.2 Å². The fraction of sp³-hybridized carbons (Fsp3) is 0.192. The van der Waals surface area contributed by atoms with Crippen molar-refractivity contribution >= 4 is 27.8 Å². The second-order valence-corrected chi connectivity index (χ2v) is 9.40. The molecule has 0 radical (unpaired) electrons. The second kappa shape index (κ2) is 12.1. The fourth-order valence-electron chi connectivity index (χ4n) is 3.24. The maximum atomic E-state index is 14.2. The van der Waals surface area contributed by atoms with Crippen LogP contribution in [0.5, 0.6) is 5.75 Å². The molecular formula is C26H26FNO6S. The SMILES string of the molecule is O=C(O)CCc1ccccc1OCC[C@@H](O)/C=C/c1cc(NS(=O)(=O)c2ccccc2)ccc1F. The third-order valence-corrected chi connectivity index (χ3v) is 6.45. The first-order chi connectivity index (χ1) is 16.7. The highest BCUT2D eigenvalue weighted by Gasteiger charge is 2.14. The molecule has 0 fully saturated rings. The Morgan fingerprint density at radius 2 is 1.77 bits per heavy atom. The molecule has 3 N–H and O–H groups in total. The Kier molecular flexibility index (Phi) is 8.99. The summed E-state index contributed by atoms with van der Waals surface area (Å²) in [5, 5.41) is 19.1. The van der Waals surface area contributed by atoms with E-state index in [0.717, 1.165) is 11.6 Å². The van der Waals surface area contributed by atoms with Gasteiger partial charge in [0, 0.05) is 24.1 Å². The van der Waals surface area contributed by atoms with Crippen LogP contribution in [0.4, 0.5) is 10.1 Å². The maximum Gasteiger partial charge on any atom is 0.303 e. The van der Waals surface area contributed by atoms with Gasteiger partial charge in [-0.2, -0.15) is 0 Å². The van der Waals surface area contributed by atoms with E-state index in [1.165, 1.54) is 36.4 Å². The van der Waals surface area contributed by atoms with E-state index >= 15 is 0 Å². The van der Waals surface area contributed by atoms with Crippen molar-refractivity contribution in [3.8, 4) is 5.75 Å². The molecule has 0 aliphatic carbocycles. The maximum absolute atomic E-state index is 14.2. The van der Waals surface area contributed by atoms with Gasteiger partial charge in [-0.15, -0.1) is 0 Å². The smallest absolute Gasteiger partial charge is 0.303 e. The number of rotatable bonds is 12. The van der Waals surface area contributed by atoms with Crippen molar-refractivity contribution in [2.24, 2.45) is 0 Å². The highest BCUT2D eigenvalue weighted by atomic mass is 32.2. The molecule has 0 unspecified atom stereocenters. The van der Waals surface area contributed by atoms with Crippen LogP contribution in [0.1, 0.15) is 24.0 Å². The van der Waals surface area contributed by atoms with Gasteiger partial charge in [-0.25, -0.2) is 12.8 Å². The van der Waals surface area contributed by atoms with Gasteiger partial charge >= 0.3 is 5.97 Å². The molecule has 35 heavy (non-hydrogen) atoms. The van der Waals surface area contributed by atoms with Crippen LogP contribution >= 0.6 is 0 Å². The largest absolute Gasteiger partial charge is 0.493 e. The highest BCUT2D eigenvalue weighted by Crippen LogP contribution is 2.22. The molecule has 3 rings (SSSR count). The molecule has 0 amide bonds. The van der Waals surface area contributed by atoms with Crippen molar-refractivity contribution in [1.29, 1.82) is 0 Å². The van der Waals surface area contributed by atoms with Crippen LogP contribution in [0.2, 0.25) is 0 Å². The lowest BCUT2D eigenvalue weighted by Gasteiger charge is -2.12. The topological polar surface area (TPSA) is 113 Å². The van der Waals surface area contributed by atoms with Crippen LogP contribution in [0.3, 0.4) is 0 Å². The zero-order valence-electron chi connectivity index (χ0n) is 18.8. The van der Waals surface area contributed by atoms with Gasteiger partial charge < -0.3 is 14.9 Å². The molecular weight excluding hydrogens is 473 g/mol. The van der Waals surface area contributed by atoms with Crippen molar-refractivity contribution in [1.82, 2.24) is 0 Å².